The van der Waals surface area contributed by atoms with Crippen molar-refractivity contribution in [2.24, 2.45) is 7.05 Å². The third-order valence-electron chi connectivity index (χ3n) is 4.28. The van der Waals surface area contributed by atoms with Crippen LogP contribution in [-0.2, 0) is 11.8 Å². The first kappa shape index (κ1) is 15.2. The number of hydrogen-bond donors (Lipinski definition) is 1. The predicted molar refractivity (Wildman–Crippen MR) is 87.7 cm³/mol. The molecule has 2 heterocycles. The second kappa shape index (κ2) is 7.05. The summed E-state index contributed by atoms with van der Waals surface area (Å²) in [5.74, 6) is 1.02. The number of aromatic nitrogens is 2. The summed E-state index contributed by atoms with van der Waals surface area (Å²) in [7, 11) is 4.11. The fourth-order valence-corrected chi connectivity index (χ4v) is 3.09. The summed E-state index contributed by atoms with van der Waals surface area (Å²) in [5, 5.41) is 3.32. The summed E-state index contributed by atoms with van der Waals surface area (Å²) >= 11 is 0. The molecule has 1 unspecified atom stereocenters. The van der Waals surface area contributed by atoms with Crippen molar-refractivity contribution in [3.63, 3.8) is 0 Å². The number of likely N-dealkylation sites (N-methyl/N-ethyl adjacent to an activating group) is 1. The molecule has 118 valence electrons. The largest absolute Gasteiger partial charge is 0.379 e. The highest BCUT2D eigenvalue weighted by Gasteiger charge is 2.25. The zero-order valence-electron chi connectivity index (χ0n) is 13.3. The van der Waals surface area contributed by atoms with E-state index in [1.807, 2.05) is 19.3 Å². The summed E-state index contributed by atoms with van der Waals surface area (Å²) in [6.07, 6.45) is 2.01. The van der Waals surface area contributed by atoms with Crippen molar-refractivity contribution in [3.05, 3.63) is 42.2 Å². The first-order valence-corrected chi connectivity index (χ1v) is 7.84. The Labute approximate surface area is 131 Å². The molecule has 1 N–H and O–H groups in total. The van der Waals surface area contributed by atoms with Gasteiger partial charge in [0.05, 0.1) is 31.1 Å². The maximum absolute atomic E-state index is 5.48. The molecule has 1 aromatic heterocycles. The third kappa shape index (κ3) is 3.06. The highest BCUT2D eigenvalue weighted by Crippen LogP contribution is 2.25. The van der Waals surface area contributed by atoms with Crippen molar-refractivity contribution >= 4 is 0 Å². The van der Waals surface area contributed by atoms with Crippen molar-refractivity contribution in [3.8, 4) is 11.4 Å². The van der Waals surface area contributed by atoms with Crippen LogP contribution in [0.15, 0.2) is 36.5 Å². The SMILES string of the molecule is CNCC(c1cnc(-c2ccccc2)n1C)N1CCOCC1. The lowest BCUT2D eigenvalue weighted by Gasteiger charge is -2.34. The van der Waals surface area contributed by atoms with Crippen LogP contribution < -0.4 is 5.32 Å². The van der Waals surface area contributed by atoms with Gasteiger partial charge in [-0.05, 0) is 7.05 Å². The van der Waals surface area contributed by atoms with E-state index < -0.39 is 0 Å². The Morgan fingerprint density at radius 2 is 1.95 bits per heavy atom. The molecule has 1 fully saturated rings. The lowest BCUT2D eigenvalue weighted by Crippen LogP contribution is -2.43. The van der Waals surface area contributed by atoms with Gasteiger partial charge in [0.1, 0.15) is 5.82 Å². The smallest absolute Gasteiger partial charge is 0.139 e. The lowest BCUT2D eigenvalue weighted by atomic mass is 10.1. The predicted octanol–water partition coefficient (Wildman–Crippen LogP) is 1.68. The number of morpholine rings is 1. The Hall–Kier alpha value is -1.69. The highest BCUT2D eigenvalue weighted by atomic mass is 16.5. The van der Waals surface area contributed by atoms with Gasteiger partial charge in [0, 0.05) is 32.2 Å². The minimum atomic E-state index is 0.323. The Balaban J connectivity index is 1.90. The molecule has 22 heavy (non-hydrogen) atoms. The van der Waals surface area contributed by atoms with Gasteiger partial charge in [-0.15, -0.1) is 0 Å². The number of ether oxygens (including phenoxy) is 1. The van der Waals surface area contributed by atoms with Crippen LogP contribution in [0.4, 0.5) is 0 Å². The Morgan fingerprint density at radius 3 is 2.64 bits per heavy atom. The normalized spacial score (nSPS) is 17.5. The van der Waals surface area contributed by atoms with Gasteiger partial charge < -0.3 is 14.6 Å². The molecule has 1 aliphatic rings. The standard InChI is InChI=1S/C17H24N4O/c1-18-12-16(21-8-10-22-11-9-21)15-13-19-17(20(15)2)14-6-4-3-5-7-14/h3-7,13,16,18H,8-12H2,1-2H3. The van der Waals surface area contributed by atoms with E-state index in [-0.39, 0.29) is 0 Å². The average molecular weight is 300 g/mol. The van der Waals surface area contributed by atoms with Gasteiger partial charge in [-0.25, -0.2) is 4.98 Å². The van der Waals surface area contributed by atoms with E-state index in [9.17, 15) is 0 Å². The van der Waals surface area contributed by atoms with Crippen molar-refractivity contribution in [1.29, 1.82) is 0 Å². The number of nitrogens with zero attached hydrogens (tertiary/aromatic N) is 3. The van der Waals surface area contributed by atoms with Gasteiger partial charge in [-0.1, -0.05) is 30.3 Å². The Kier molecular flexibility index (Phi) is 4.87. The molecule has 0 spiro atoms. The Morgan fingerprint density at radius 1 is 1.23 bits per heavy atom. The third-order valence-corrected chi connectivity index (χ3v) is 4.28. The minimum absolute atomic E-state index is 0.323. The van der Waals surface area contributed by atoms with E-state index in [4.69, 9.17) is 4.74 Å². The molecular weight excluding hydrogens is 276 g/mol. The fourth-order valence-electron chi connectivity index (χ4n) is 3.09. The maximum Gasteiger partial charge on any atom is 0.139 e. The van der Waals surface area contributed by atoms with E-state index in [0.29, 0.717) is 6.04 Å². The highest BCUT2D eigenvalue weighted by molar-refractivity contribution is 5.55. The van der Waals surface area contributed by atoms with E-state index in [2.05, 4.69) is 51.1 Å². The number of rotatable bonds is 5. The maximum atomic E-state index is 5.48. The van der Waals surface area contributed by atoms with Crippen LogP contribution in [-0.4, -0.2) is 54.3 Å². The number of nitrogens with one attached hydrogen (secondary N) is 1. The molecule has 0 amide bonds. The van der Waals surface area contributed by atoms with Gasteiger partial charge >= 0.3 is 0 Å². The van der Waals surface area contributed by atoms with Crippen LogP contribution in [0.25, 0.3) is 11.4 Å². The van der Waals surface area contributed by atoms with E-state index in [1.54, 1.807) is 0 Å². The van der Waals surface area contributed by atoms with Crippen LogP contribution >= 0.6 is 0 Å². The molecule has 0 radical (unpaired) electrons. The van der Waals surface area contributed by atoms with Crippen molar-refractivity contribution in [1.82, 2.24) is 19.8 Å². The van der Waals surface area contributed by atoms with Crippen molar-refractivity contribution in [2.45, 2.75) is 6.04 Å². The fraction of sp³-hybridized carbons (Fsp3) is 0.471. The summed E-state index contributed by atoms with van der Waals surface area (Å²) < 4.78 is 7.70. The molecule has 1 aromatic carbocycles. The van der Waals surface area contributed by atoms with E-state index >= 15 is 0 Å². The van der Waals surface area contributed by atoms with Crippen LogP contribution in [0.2, 0.25) is 0 Å². The summed E-state index contributed by atoms with van der Waals surface area (Å²) in [6.45, 7) is 4.47. The quantitative estimate of drug-likeness (QED) is 0.912. The van der Waals surface area contributed by atoms with Gasteiger partial charge in [0.15, 0.2) is 0 Å². The average Bonchev–Trinajstić information content (AvgIpc) is 2.96. The lowest BCUT2D eigenvalue weighted by molar-refractivity contribution is 0.0151. The summed E-state index contributed by atoms with van der Waals surface area (Å²) in [5.41, 5.74) is 2.40. The van der Waals surface area contributed by atoms with Crippen LogP contribution in [0.3, 0.4) is 0 Å². The number of benzene rings is 1. The molecule has 1 saturated heterocycles. The monoisotopic (exact) mass is 300 g/mol. The van der Waals surface area contributed by atoms with Crippen molar-refractivity contribution < 1.29 is 4.74 Å². The van der Waals surface area contributed by atoms with Crippen LogP contribution in [0.5, 0.6) is 0 Å². The first-order valence-electron chi connectivity index (χ1n) is 7.84. The minimum Gasteiger partial charge on any atom is -0.379 e. The van der Waals surface area contributed by atoms with Crippen LogP contribution in [0, 0.1) is 0 Å². The zero-order chi connectivity index (χ0) is 15.4. The van der Waals surface area contributed by atoms with Crippen LogP contribution in [0.1, 0.15) is 11.7 Å². The molecule has 0 aliphatic carbocycles. The van der Waals surface area contributed by atoms with Gasteiger partial charge in [-0.2, -0.15) is 0 Å². The molecule has 3 rings (SSSR count). The van der Waals surface area contributed by atoms with Gasteiger partial charge in [0.2, 0.25) is 0 Å². The molecule has 1 atom stereocenters. The zero-order valence-corrected chi connectivity index (χ0v) is 13.3. The molecule has 0 bridgehead atoms. The molecule has 2 aromatic rings. The second-order valence-corrected chi connectivity index (χ2v) is 5.65. The molecule has 1 aliphatic heterocycles. The summed E-state index contributed by atoms with van der Waals surface area (Å²) in [6, 6.07) is 10.7. The van der Waals surface area contributed by atoms with Gasteiger partial charge in [0.25, 0.3) is 0 Å². The van der Waals surface area contributed by atoms with Crippen molar-refractivity contribution in [2.75, 3.05) is 39.9 Å². The first-order chi connectivity index (χ1) is 10.8. The second-order valence-electron chi connectivity index (χ2n) is 5.65. The molecule has 0 saturated carbocycles. The molecular formula is C17H24N4O. The topological polar surface area (TPSA) is 42.3 Å². The molecule has 5 heteroatoms. The number of imidazole rings is 1. The van der Waals surface area contributed by atoms with Gasteiger partial charge in [-0.3, -0.25) is 4.90 Å². The Bertz CT molecular complexity index is 590. The van der Waals surface area contributed by atoms with E-state index in [1.165, 1.54) is 5.69 Å². The molecule has 5 nitrogen and oxygen atoms in total. The summed E-state index contributed by atoms with van der Waals surface area (Å²) in [4.78, 5) is 7.14. The van der Waals surface area contributed by atoms with E-state index in [0.717, 1.165) is 44.2 Å². The number of hydrogen-bond acceptors (Lipinski definition) is 4.